The summed E-state index contributed by atoms with van der Waals surface area (Å²) >= 11 is 0. The third-order valence-electron chi connectivity index (χ3n) is 3.60. The van der Waals surface area contributed by atoms with Crippen molar-refractivity contribution >= 4 is 11.6 Å². The standard InChI is InChI=1S/C15H18N4O/c1-19-9-7-11(18-19)6-8-16-15(20)13-10-17-14-5-3-2-4-12(13)14/h2-5,7,9,13,17H,6,8,10H2,1H3,(H,16,20). The molecule has 5 nitrogen and oxygen atoms in total. The van der Waals surface area contributed by atoms with Crippen molar-refractivity contribution in [3.05, 3.63) is 47.8 Å². The average molecular weight is 270 g/mol. The summed E-state index contributed by atoms with van der Waals surface area (Å²) in [6.07, 6.45) is 2.67. The summed E-state index contributed by atoms with van der Waals surface area (Å²) in [6.45, 7) is 1.29. The van der Waals surface area contributed by atoms with E-state index in [0.29, 0.717) is 13.1 Å². The van der Waals surface area contributed by atoms with Gasteiger partial charge in [-0.1, -0.05) is 18.2 Å². The van der Waals surface area contributed by atoms with E-state index in [0.717, 1.165) is 23.4 Å². The first-order valence-electron chi connectivity index (χ1n) is 6.83. The van der Waals surface area contributed by atoms with Crippen molar-refractivity contribution < 1.29 is 4.79 Å². The maximum atomic E-state index is 12.2. The van der Waals surface area contributed by atoms with Crippen molar-refractivity contribution in [1.29, 1.82) is 0 Å². The molecule has 1 aromatic carbocycles. The van der Waals surface area contributed by atoms with Gasteiger partial charge in [0, 0.05) is 38.4 Å². The van der Waals surface area contributed by atoms with Crippen LogP contribution in [0.1, 0.15) is 17.2 Å². The zero-order chi connectivity index (χ0) is 13.9. The Bertz CT molecular complexity index is 620. The van der Waals surface area contributed by atoms with Gasteiger partial charge in [-0.25, -0.2) is 0 Å². The van der Waals surface area contributed by atoms with Gasteiger partial charge < -0.3 is 10.6 Å². The van der Waals surface area contributed by atoms with Gasteiger partial charge >= 0.3 is 0 Å². The molecule has 0 fully saturated rings. The van der Waals surface area contributed by atoms with Gasteiger partial charge in [0.15, 0.2) is 0 Å². The van der Waals surface area contributed by atoms with Crippen molar-refractivity contribution in [1.82, 2.24) is 15.1 Å². The molecule has 2 heterocycles. The second kappa shape index (κ2) is 5.36. The van der Waals surface area contributed by atoms with E-state index in [1.165, 1.54) is 0 Å². The second-order valence-electron chi connectivity index (χ2n) is 5.04. The highest BCUT2D eigenvalue weighted by Gasteiger charge is 2.27. The lowest BCUT2D eigenvalue weighted by Gasteiger charge is -2.10. The smallest absolute Gasteiger partial charge is 0.229 e. The minimum atomic E-state index is -0.0880. The molecule has 2 N–H and O–H groups in total. The molecule has 1 aliphatic rings. The van der Waals surface area contributed by atoms with Crippen LogP contribution in [0.5, 0.6) is 0 Å². The van der Waals surface area contributed by atoms with Crippen molar-refractivity contribution in [2.75, 3.05) is 18.4 Å². The molecule has 0 aliphatic carbocycles. The molecule has 5 heteroatoms. The first-order chi connectivity index (χ1) is 9.74. The van der Waals surface area contributed by atoms with E-state index in [-0.39, 0.29) is 11.8 Å². The second-order valence-corrected chi connectivity index (χ2v) is 5.04. The quantitative estimate of drug-likeness (QED) is 0.880. The molecule has 2 aromatic rings. The van der Waals surface area contributed by atoms with E-state index in [4.69, 9.17) is 0 Å². The number of hydrogen-bond donors (Lipinski definition) is 2. The fourth-order valence-corrected chi connectivity index (χ4v) is 2.55. The zero-order valence-electron chi connectivity index (χ0n) is 11.5. The minimum Gasteiger partial charge on any atom is -0.384 e. The molecule has 3 rings (SSSR count). The minimum absolute atomic E-state index is 0.0818. The normalized spacial score (nSPS) is 16.6. The Morgan fingerprint density at radius 3 is 3.10 bits per heavy atom. The lowest BCUT2D eigenvalue weighted by atomic mass is 10.0. The number of carbonyl (C=O) groups excluding carboxylic acids is 1. The maximum absolute atomic E-state index is 12.2. The molecule has 1 aromatic heterocycles. The molecule has 1 aliphatic heterocycles. The third-order valence-corrected chi connectivity index (χ3v) is 3.60. The molecule has 0 saturated heterocycles. The van der Waals surface area contributed by atoms with Crippen molar-refractivity contribution in [2.45, 2.75) is 12.3 Å². The molecule has 0 saturated carbocycles. The van der Waals surface area contributed by atoms with Crippen LogP contribution in [0.3, 0.4) is 0 Å². The van der Waals surface area contributed by atoms with Crippen LogP contribution in [-0.4, -0.2) is 28.8 Å². The predicted molar refractivity (Wildman–Crippen MR) is 77.6 cm³/mol. The lowest BCUT2D eigenvalue weighted by molar-refractivity contribution is -0.122. The summed E-state index contributed by atoms with van der Waals surface area (Å²) in [6, 6.07) is 9.95. The van der Waals surface area contributed by atoms with Crippen LogP contribution < -0.4 is 10.6 Å². The largest absolute Gasteiger partial charge is 0.384 e. The van der Waals surface area contributed by atoms with Gasteiger partial charge in [0.25, 0.3) is 0 Å². The molecule has 20 heavy (non-hydrogen) atoms. The van der Waals surface area contributed by atoms with E-state index in [1.807, 2.05) is 43.6 Å². The Balaban J connectivity index is 1.55. The third kappa shape index (κ3) is 2.52. The lowest BCUT2D eigenvalue weighted by Crippen LogP contribution is -2.32. The number of nitrogens with one attached hydrogen (secondary N) is 2. The van der Waals surface area contributed by atoms with E-state index >= 15 is 0 Å². The van der Waals surface area contributed by atoms with E-state index in [9.17, 15) is 4.79 Å². The summed E-state index contributed by atoms with van der Waals surface area (Å²) in [7, 11) is 1.89. The summed E-state index contributed by atoms with van der Waals surface area (Å²) in [5.74, 6) is -0.00619. The number of carbonyl (C=O) groups is 1. The molecular weight excluding hydrogens is 252 g/mol. The van der Waals surface area contributed by atoms with Crippen LogP contribution in [0.4, 0.5) is 5.69 Å². The highest BCUT2D eigenvalue weighted by molar-refractivity contribution is 5.88. The molecule has 1 unspecified atom stereocenters. The number of anilines is 1. The van der Waals surface area contributed by atoms with Gasteiger partial charge in [-0.3, -0.25) is 9.48 Å². The van der Waals surface area contributed by atoms with Crippen molar-refractivity contribution in [2.24, 2.45) is 7.05 Å². The van der Waals surface area contributed by atoms with E-state index in [1.54, 1.807) is 4.68 Å². The van der Waals surface area contributed by atoms with Gasteiger partial charge in [0.2, 0.25) is 5.91 Å². The molecule has 0 bridgehead atoms. The fourth-order valence-electron chi connectivity index (χ4n) is 2.55. The summed E-state index contributed by atoms with van der Waals surface area (Å²) in [5, 5.41) is 10.6. The predicted octanol–water partition coefficient (Wildman–Crippen LogP) is 1.29. The summed E-state index contributed by atoms with van der Waals surface area (Å²) in [5.41, 5.74) is 3.15. The molecule has 0 radical (unpaired) electrons. The van der Waals surface area contributed by atoms with Crippen LogP contribution in [-0.2, 0) is 18.3 Å². The topological polar surface area (TPSA) is 59.0 Å². The summed E-state index contributed by atoms with van der Waals surface area (Å²) < 4.78 is 1.77. The number of hydrogen-bond acceptors (Lipinski definition) is 3. The van der Waals surface area contributed by atoms with Gasteiger partial charge in [-0.15, -0.1) is 0 Å². The SMILES string of the molecule is Cn1ccc(CCNC(=O)C2CNc3ccccc32)n1. The first-order valence-corrected chi connectivity index (χ1v) is 6.83. The molecule has 1 atom stereocenters. The van der Waals surface area contributed by atoms with E-state index < -0.39 is 0 Å². The molecule has 0 spiro atoms. The highest BCUT2D eigenvalue weighted by Crippen LogP contribution is 2.30. The number of amides is 1. The number of nitrogens with zero attached hydrogens (tertiary/aromatic N) is 2. The molecule has 1 amide bonds. The number of benzene rings is 1. The highest BCUT2D eigenvalue weighted by atomic mass is 16.1. The van der Waals surface area contributed by atoms with Gasteiger partial charge in [0.1, 0.15) is 0 Å². The van der Waals surface area contributed by atoms with Crippen LogP contribution >= 0.6 is 0 Å². The van der Waals surface area contributed by atoms with Crippen LogP contribution in [0.25, 0.3) is 0 Å². The van der Waals surface area contributed by atoms with Gasteiger partial charge in [-0.2, -0.15) is 5.10 Å². The monoisotopic (exact) mass is 270 g/mol. The van der Waals surface area contributed by atoms with Crippen LogP contribution in [0, 0.1) is 0 Å². The van der Waals surface area contributed by atoms with Gasteiger partial charge in [-0.05, 0) is 17.7 Å². The number of aryl methyl sites for hydroxylation is 1. The Kier molecular flexibility index (Phi) is 3.41. The number of fused-ring (bicyclic) bond motifs is 1. The maximum Gasteiger partial charge on any atom is 0.229 e. The number of rotatable bonds is 4. The van der Waals surface area contributed by atoms with Crippen LogP contribution in [0.2, 0.25) is 0 Å². The van der Waals surface area contributed by atoms with Gasteiger partial charge in [0.05, 0.1) is 11.6 Å². The summed E-state index contributed by atoms with van der Waals surface area (Å²) in [4.78, 5) is 12.2. The van der Waals surface area contributed by atoms with E-state index in [2.05, 4.69) is 15.7 Å². The van der Waals surface area contributed by atoms with Crippen LogP contribution in [0.15, 0.2) is 36.5 Å². The zero-order valence-corrected chi connectivity index (χ0v) is 11.5. The Labute approximate surface area is 118 Å². The Hall–Kier alpha value is -2.30. The Morgan fingerprint density at radius 2 is 2.30 bits per heavy atom. The Morgan fingerprint density at radius 1 is 1.45 bits per heavy atom. The number of para-hydroxylation sites is 1. The van der Waals surface area contributed by atoms with Crippen molar-refractivity contribution in [3.8, 4) is 0 Å². The molecule has 104 valence electrons. The van der Waals surface area contributed by atoms with Crippen molar-refractivity contribution in [3.63, 3.8) is 0 Å². The first kappa shape index (κ1) is 12.7. The number of aromatic nitrogens is 2. The average Bonchev–Trinajstić information content (AvgIpc) is 3.05. The molecular formula is C15H18N4O. The fraction of sp³-hybridized carbons (Fsp3) is 0.333.